The van der Waals surface area contributed by atoms with E-state index in [1.165, 1.54) is 0 Å². The molecule has 2 heterocycles. The van der Waals surface area contributed by atoms with E-state index in [1.54, 1.807) is 17.9 Å². The number of nitrogens with zero attached hydrogens (tertiary/aromatic N) is 2. The summed E-state index contributed by atoms with van der Waals surface area (Å²) in [7, 11) is 0. The van der Waals surface area contributed by atoms with Crippen LogP contribution in [0.2, 0.25) is 0 Å². The van der Waals surface area contributed by atoms with Gasteiger partial charge < -0.3 is 20.1 Å². The van der Waals surface area contributed by atoms with Gasteiger partial charge in [-0.25, -0.2) is 8.78 Å². The standard InChI is InChI=1S/C21H24F2N4O4/c1-13-11-18(26-31-13)25-20(29)14-6-9-27(10-7-14)19(28)3-2-8-24-21(30)16-5-4-15(22)12-17(16)23/h4-5,11-12,14H,2-3,6-10H2,1H3,(H,24,30)(H,25,26,29). The number of halogens is 2. The minimum atomic E-state index is -0.931. The van der Waals surface area contributed by atoms with Crippen LogP contribution in [0.5, 0.6) is 0 Å². The zero-order chi connectivity index (χ0) is 22.4. The predicted molar refractivity (Wildman–Crippen MR) is 107 cm³/mol. The smallest absolute Gasteiger partial charge is 0.254 e. The topological polar surface area (TPSA) is 105 Å². The molecule has 10 heteroatoms. The number of aromatic nitrogens is 1. The van der Waals surface area contributed by atoms with Gasteiger partial charge >= 0.3 is 0 Å². The molecule has 0 saturated carbocycles. The first-order valence-corrected chi connectivity index (χ1v) is 10.1. The van der Waals surface area contributed by atoms with Gasteiger partial charge in [0.1, 0.15) is 17.4 Å². The molecule has 1 fully saturated rings. The Labute approximate surface area is 178 Å². The summed E-state index contributed by atoms with van der Waals surface area (Å²) in [4.78, 5) is 38.3. The number of anilines is 1. The second kappa shape index (κ2) is 10.1. The lowest BCUT2D eigenvalue weighted by Crippen LogP contribution is -2.41. The van der Waals surface area contributed by atoms with Crippen LogP contribution in [-0.4, -0.2) is 47.4 Å². The van der Waals surface area contributed by atoms with Crippen LogP contribution in [-0.2, 0) is 9.59 Å². The Morgan fingerprint density at radius 3 is 2.58 bits per heavy atom. The van der Waals surface area contributed by atoms with Crippen LogP contribution in [0.15, 0.2) is 28.8 Å². The van der Waals surface area contributed by atoms with Gasteiger partial charge in [-0.3, -0.25) is 14.4 Å². The lowest BCUT2D eigenvalue weighted by Gasteiger charge is -2.31. The summed E-state index contributed by atoms with van der Waals surface area (Å²) >= 11 is 0. The molecule has 1 aromatic carbocycles. The molecule has 1 aromatic heterocycles. The number of amides is 3. The number of carbonyl (C=O) groups excluding carboxylic acids is 3. The minimum absolute atomic E-state index is 0.0619. The van der Waals surface area contributed by atoms with Crippen LogP contribution in [0, 0.1) is 24.5 Å². The van der Waals surface area contributed by atoms with Crippen molar-refractivity contribution < 1.29 is 27.7 Å². The van der Waals surface area contributed by atoms with Crippen LogP contribution in [0.4, 0.5) is 14.6 Å². The van der Waals surface area contributed by atoms with Crippen molar-refractivity contribution in [2.45, 2.75) is 32.6 Å². The van der Waals surface area contributed by atoms with Gasteiger partial charge in [-0.15, -0.1) is 0 Å². The van der Waals surface area contributed by atoms with Crippen molar-refractivity contribution in [1.82, 2.24) is 15.4 Å². The third-order valence-electron chi connectivity index (χ3n) is 5.13. The number of piperidine rings is 1. The molecule has 3 rings (SSSR count). The number of likely N-dealkylation sites (tertiary alicyclic amines) is 1. The number of carbonyl (C=O) groups is 3. The molecule has 166 valence electrons. The molecular weight excluding hydrogens is 410 g/mol. The van der Waals surface area contributed by atoms with Gasteiger partial charge in [0, 0.05) is 44.1 Å². The van der Waals surface area contributed by atoms with E-state index in [0.717, 1.165) is 12.1 Å². The Kier molecular flexibility index (Phi) is 7.32. The fourth-order valence-corrected chi connectivity index (χ4v) is 3.41. The van der Waals surface area contributed by atoms with Gasteiger partial charge in [0.2, 0.25) is 11.8 Å². The van der Waals surface area contributed by atoms with Crippen molar-refractivity contribution in [3.63, 3.8) is 0 Å². The fourth-order valence-electron chi connectivity index (χ4n) is 3.41. The molecule has 2 N–H and O–H groups in total. The summed E-state index contributed by atoms with van der Waals surface area (Å²) in [6, 6.07) is 4.38. The lowest BCUT2D eigenvalue weighted by molar-refractivity contribution is -0.134. The normalized spacial score (nSPS) is 14.4. The van der Waals surface area contributed by atoms with Gasteiger partial charge in [-0.1, -0.05) is 5.16 Å². The molecule has 0 bridgehead atoms. The van der Waals surface area contributed by atoms with Crippen molar-refractivity contribution in [2.24, 2.45) is 5.92 Å². The van der Waals surface area contributed by atoms with Crippen LogP contribution >= 0.6 is 0 Å². The third kappa shape index (κ3) is 6.09. The molecule has 0 unspecified atom stereocenters. The maximum atomic E-state index is 13.6. The molecular formula is C21H24F2N4O4. The average Bonchev–Trinajstić information content (AvgIpc) is 3.15. The first-order chi connectivity index (χ1) is 14.8. The number of benzene rings is 1. The highest BCUT2D eigenvalue weighted by Gasteiger charge is 2.27. The number of nitrogens with one attached hydrogen (secondary N) is 2. The van der Waals surface area contributed by atoms with Crippen molar-refractivity contribution in [3.05, 3.63) is 47.2 Å². The van der Waals surface area contributed by atoms with E-state index in [0.29, 0.717) is 50.0 Å². The van der Waals surface area contributed by atoms with Crippen LogP contribution in [0.25, 0.3) is 0 Å². The predicted octanol–water partition coefficient (Wildman–Crippen LogP) is 2.65. The zero-order valence-corrected chi connectivity index (χ0v) is 17.1. The monoisotopic (exact) mass is 434 g/mol. The SMILES string of the molecule is Cc1cc(NC(=O)C2CCN(C(=O)CCCNC(=O)c3ccc(F)cc3F)CC2)no1. The van der Waals surface area contributed by atoms with Gasteiger partial charge in [0.05, 0.1) is 5.56 Å². The molecule has 3 amide bonds. The maximum Gasteiger partial charge on any atom is 0.254 e. The molecule has 0 radical (unpaired) electrons. The first-order valence-electron chi connectivity index (χ1n) is 10.1. The Balaban J connectivity index is 1.35. The second-order valence-electron chi connectivity index (χ2n) is 7.45. The summed E-state index contributed by atoms with van der Waals surface area (Å²) in [5.41, 5.74) is -0.242. The molecule has 1 aliphatic heterocycles. The summed E-state index contributed by atoms with van der Waals surface area (Å²) in [5, 5.41) is 8.98. The van der Waals surface area contributed by atoms with Gasteiger partial charge in [-0.05, 0) is 38.3 Å². The summed E-state index contributed by atoms with van der Waals surface area (Å²) < 4.78 is 31.4. The van der Waals surface area contributed by atoms with E-state index in [2.05, 4.69) is 15.8 Å². The third-order valence-corrected chi connectivity index (χ3v) is 5.13. The number of hydrogen-bond donors (Lipinski definition) is 2. The molecule has 2 aromatic rings. The van der Waals surface area contributed by atoms with E-state index >= 15 is 0 Å². The Morgan fingerprint density at radius 1 is 1.19 bits per heavy atom. The summed E-state index contributed by atoms with van der Waals surface area (Å²) in [6.45, 7) is 2.88. The minimum Gasteiger partial charge on any atom is -0.360 e. The molecule has 1 aliphatic rings. The van der Waals surface area contributed by atoms with Crippen molar-refractivity contribution in [1.29, 1.82) is 0 Å². The van der Waals surface area contributed by atoms with E-state index < -0.39 is 17.5 Å². The molecule has 0 atom stereocenters. The zero-order valence-electron chi connectivity index (χ0n) is 17.1. The quantitative estimate of drug-likeness (QED) is 0.652. The maximum absolute atomic E-state index is 13.6. The average molecular weight is 434 g/mol. The number of aryl methyl sites for hydroxylation is 1. The Morgan fingerprint density at radius 2 is 1.94 bits per heavy atom. The van der Waals surface area contributed by atoms with Crippen molar-refractivity contribution >= 4 is 23.5 Å². The molecule has 8 nitrogen and oxygen atoms in total. The molecule has 0 spiro atoms. The van der Waals surface area contributed by atoms with Gasteiger partial charge in [-0.2, -0.15) is 0 Å². The highest BCUT2D eigenvalue weighted by molar-refractivity contribution is 5.94. The molecule has 31 heavy (non-hydrogen) atoms. The van der Waals surface area contributed by atoms with Crippen LogP contribution < -0.4 is 10.6 Å². The van der Waals surface area contributed by atoms with Crippen LogP contribution in [0.1, 0.15) is 41.8 Å². The van der Waals surface area contributed by atoms with E-state index in [4.69, 9.17) is 4.52 Å². The highest BCUT2D eigenvalue weighted by atomic mass is 19.1. The number of rotatable bonds is 7. The van der Waals surface area contributed by atoms with Gasteiger partial charge in [0.15, 0.2) is 5.82 Å². The van der Waals surface area contributed by atoms with E-state index in [-0.39, 0.29) is 36.3 Å². The van der Waals surface area contributed by atoms with E-state index in [1.807, 2.05) is 0 Å². The summed E-state index contributed by atoms with van der Waals surface area (Å²) in [6.07, 6.45) is 1.71. The van der Waals surface area contributed by atoms with Crippen LogP contribution in [0.3, 0.4) is 0 Å². The fraction of sp³-hybridized carbons (Fsp3) is 0.429. The molecule has 0 aliphatic carbocycles. The van der Waals surface area contributed by atoms with Crippen molar-refractivity contribution in [3.8, 4) is 0 Å². The van der Waals surface area contributed by atoms with Crippen molar-refractivity contribution in [2.75, 3.05) is 25.0 Å². The van der Waals surface area contributed by atoms with E-state index in [9.17, 15) is 23.2 Å². The Hall–Kier alpha value is -3.30. The first kappa shape index (κ1) is 22.4. The lowest BCUT2D eigenvalue weighted by atomic mass is 9.95. The second-order valence-corrected chi connectivity index (χ2v) is 7.45. The number of hydrogen-bond acceptors (Lipinski definition) is 5. The highest BCUT2D eigenvalue weighted by Crippen LogP contribution is 2.20. The largest absolute Gasteiger partial charge is 0.360 e. The Bertz CT molecular complexity index is 955. The summed E-state index contributed by atoms with van der Waals surface area (Å²) in [5.74, 6) is -1.76. The van der Waals surface area contributed by atoms with Gasteiger partial charge in [0.25, 0.3) is 5.91 Å². The molecule has 1 saturated heterocycles.